The van der Waals surface area contributed by atoms with E-state index in [9.17, 15) is 14.4 Å². The Kier molecular flexibility index (Phi) is 6.14. The first-order valence-corrected chi connectivity index (χ1v) is 9.79. The van der Waals surface area contributed by atoms with Crippen molar-refractivity contribution in [3.63, 3.8) is 0 Å². The van der Waals surface area contributed by atoms with Gasteiger partial charge in [-0.25, -0.2) is 0 Å². The van der Waals surface area contributed by atoms with Gasteiger partial charge in [0, 0.05) is 24.0 Å². The zero-order valence-electron chi connectivity index (χ0n) is 16.4. The smallest absolute Gasteiger partial charge is 0.265 e. The van der Waals surface area contributed by atoms with Crippen molar-refractivity contribution < 1.29 is 14.4 Å². The highest BCUT2D eigenvalue weighted by molar-refractivity contribution is 5.99. The van der Waals surface area contributed by atoms with Crippen molar-refractivity contribution in [2.75, 3.05) is 19.6 Å². The summed E-state index contributed by atoms with van der Waals surface area (Å²) in [6, 6.07) is 8.84. The number of hydrogen-bond acceptors (Lipinski definition) is 4. The van der Waals surface area contributed by atoms with E-state index in [-0.39, 0.29) is 30.1 Å². The molecular weight excluding hydrogens is 356 g/mol. The zero-order chi connectivity index (χ0) is 20.3. The Morgan fingerprint density at radius 3 is 2.71 bits per heavy atom. The molecule has 4 N–H and O–H groups in total. The van der Waals surface area contributed by atoms with Crippen LogP contribution in [0, 0.1) is 11.8 Å². The van der Waals surface area contributed by atoms with Crippen LogP contribution in [0.25, 0.3) is 10.9 Å². The second-order valence-corrected chi connectivity index (χ2v) is 7.84. The van der Waals surface area contributed by atoms with Gasteiger partial charge >= 0.3 is 0 Å². The minimum Gasteiger partial charge on any atom is -0.364 e. The standard InChI is InChI=1S/C21H28N4O3/c1-13(2)9-17(19(26)12-23-11-15-7-8-24-21(15)28)25-16-6-4-3-5-14(16)10-18(25)20(22)27/h3-6,10,13,15,17,23H,7-9,11-12H2,1-2H3,(H2,22,27)(H,24,28)/t15-,17-/m0/s1. The van der Waals surface area contributed by atoms with E-state index in [1.165, 1.54) is 0 Å². The number of fused-ring (bicyclic) bond motifs is 1. The number of nitrogens with one attached hydrogen (secondary N) is 2. The summed E-state index contributed by atoms with van der Waals surface area (Å²) >= 11 is 0. The molecule has 1 aromatic carbocycles. The van der Waals surface area contributed by atoms with E-state index in [1.807, 2.05) is 38.1 Å². The number of carbonyl (C=O) groups excluding carboxylic acids is 3. The van der Waals surface area contributed by atoms with Gasteiger partial charge in [0.25, 0.3) is 5.91 Å². The summed E-state index contributed by atoms with van der Waals surface area (Å²) < 4.78 is 1.78. The van der Waals surface area contributed by atoms with E-state index in [0.717, 1.165) is 17.3 Å². The number of nitrogens with two attached hydrogens (primary N) is 1. The highest BCUT2D eigenvalue weighted by Gasteiger charge is 2.28. The molecule has 0 saturated carbocycles. The van der Waals surface area contributed by atoms with E-state index in [4.69, 9.17) is 5.73 Å². The van der Waals surface area contributed by atoms with E-state index >= 15 is 0 Å². The van der Waals surface area contributed by atoms with E-state index in [0.29, 0.717) is 25.2 Å². The lowest BCUT2D eigenvalue weighted by Crippen LogP contribution is -2.36. The first-order valence-electron chi connectivity index (χ1n) is 9.79. The number of ketones is 1. The van der Waals surface area contributed by atoms with Gasteiger partial charge in [0.1, 0.15) is 5.69 Å². The van der Waals surface area contributed by atoms with Gasteiger partial charge in [-0.1, -0.05) is 32.0 Å². The van der Waals surface area contributed by atoms with Gasteiger partial charge in [-0.2, -0.15) is 0 Å². The summed E-state index contributed by atoms with van der Waals surface area (Å²) in [4.78, 5) is 36.9. The number of para-hydroxylation sites is 1. The van der Waals surface area contributed by atoms with E-state index in [1.54, 1.807) is 10.6 Å². The normalized spacial score (nSPS) is 17.8. The van der Waals surface area contributed by atoms with Crippen LogP contribution in [0.5, 0.6) is 0 Å². The number of primary amides is 1. The molecule has 2 heterocycles. The topological polar surface area (TPSA) is 106 Å². The van der Waals surface area contributed by atoms with E-state index < -0.39 is 11.9 Å². The molecule has 2 atom stereocenters. The molecule has 3 rings (SSSR count). The average molecular weight is 384 g/mol. The Morgan fingerprint density at radius 2 is 2.07 bits per heavy atom. The molecule has 7 nitrogen and oxygen atoms in total. The lowest BCUT2D eigenvalue weighted by atomic mass is 9.99. The zero-order valence-corrected chi connectivity index (χ0v) is 16.4. The fraction of sp³-hybridized carbons (Fsp3) is 0.476. The molecule has 1 aromatic heterocycles. The molecule has 1 fully saturated rings. The van der Waals surface area contributed by atoms with Crippen LogP contribution in [0.1, 0.15) is 43.2 Å². The maximum absolute atomic E-state index is 13.1. The first kappa shape index (κ1) is 20.1. The highest BCUT2D eigenvalue weighted by atomic mass is 16.2. The maximum atomic E-state index is 13.1. The summed E-state index contributed by atoms with van der Waals surface area (Å²) in [7, 11) is 0. The SMILES string of the molecule is CC(C)C[C@@H](C(=O)CNC[C@@H]1CCNC1=O)n1c(C(N)=O)cc2ccccc21. The predicted molar refractivity (Wildman–Crippen MR) is 108 cm³/mol. The Bertz CT molecular complexity index is 887. The number of nitrogens with zero attached hydrogens (tertiary/aromatic N) is 1. The summed E-state index contributed by atoms with van der Waals surface area (Å²) in [6.07, 6.45) is 1.38. The molecule has 1 aliphatic rings. The minimum atomic E-state index is -0.548. The van der Waals surface area contributed by atoms with Crippen LogP contribution < -0.4 is 16.4 Å². The third kappa shape index (κ3) is 4.25. The predicted octanol–water partition coefficient (Wildman–Crippen LogP) is 1.62. The van der Waals surface area contributed by atoms with Gasteiger partial charge in [-0.3, -0.25) is 14.4 Å². The second kappa shape index (κ2) is 8.56. The first-order chi connectivity index (χ1) is 13.4. The quantitative estimate of drug-likeness (QED) is 0.611. The summed E-state index contributed by atoms with van der Waals surface area (Å²) in [5, 5.41) is 6.81. The fourth-order valence-corrected chi connectivity index (χ4v) is 3.86. The van der Waals surface area contributed by atoms with Crippen molar-refractivity contribution >= 4 is 28.5 Å². The van der Waals surface area contributed by atoms with Crippen LogP contribution in [-0.2, 0) is 9.59 Å². The van der Waals surface area contributed by atoms with Crippen LogP contribution >= 0.6 is 0 Å². The molecule has 0 bridgehead atoms. The van der Waals surface area contributed by atoms with Crippen LogP contribution in [0.15, 0.2) is 30.3 Å². The molecule has 1 aliphatic heterocycles. The number of carbonyl (C=O) groups is 3. The molecule has 0 spiro atoms. The average Bonchev–Trinajstić information content (AvgIpc) is 3.23. The highest BCUT2D eigenvalue weighted by Crippen LogP contribution is 2.28. The molecule has 2 aromatic rings. The molecule has 7 heteroatoms. The van der Waals surface area contributed by atoms with Crippen molar-refractivity contribution in [3.8, 4) is 0 Å². The van der Waals surface area contributed by atoms with Crippen LogP contribution in [0.2, 0.25) is 0 Å². The second-order valence-electron chi connectivity index (χ2n) is 7.84. The third-order valence-electron chi connectivity index (χ3n) is 5.23. The molecule has 0 radical (unpaired) electrons. The molecular formula is C21H28N4O3. The van der Waals surface area contributed by atoms with Gasteiger partial charge in [-0.05, 0) is 30.9 Å². The van der Waals surface area contributed by atoms with E-state index in [2.05, 4.69) is 10.6 Å². The number of hydrogen-bond donors (Lipinski definition) is 3. The van der Waals surface area contributed by atoms with Crippen molar-refractivity contribution in [1.29, 1.82) is 0 Å². The number of rotatable bonds is 9. The van der Waals surface area contributed by atoms with Gasteiger partial charge in [0.05, 0.1) is 18.5 Å². The summed E-state index contributed by atoms with van der Waals surface area (Å²) in [5.74, 6) is -0.364. The van der Waals surface area contributed by atoms with Crippen molar-refractivity contribution in [2.45, 2.75) is 32.7 Å². The molecule has 0 unspecified atom stereocenters. The van der Waals surface area contributed by atoms with Crippen molar-refractivity contribution in [3.05, 3.63) is 36.0 Å². The number of Topliss-reactive ketones (excluding diaryl/α,β-unsaturated/α-hetero) is 1. The van der Waals surface area contributed by atoms with Crippen molar-refractivity contribution in [1.82, 2.24) is 15.2 Å². The fourth-order valence-electron chi connectivity index (χ4n) is 3.86. The van der Waals surface area contributed by atoms with Gasteiger partial charge < -0.3 is 20.9 Å². The molecule has 28 heavy (non-hydrogen) atoms. The Morgan fingerprint density at radius 1 is 1.32 bits per heavy atom. The maximum Gasteiger partial charge on any atom is 0.265 e. The van der Waals surface area contributed by atoms with Gasteiger partial charge in [0.15, 0.2) is 5.78 Å². The summed E-state index contributed by atoms with van der Waals surface area (Å²) in [5.41, 5.74) is 6.78. The van der Waals surface area contributed by atoms with Crippen LogP contribution in [0.4, 0.5) is 0 Å². The minimum absolute atomic E-state index is 0.0176. The monoisotopic (exact) mass is 384 g/mol. The molecule has 2 amide bonds. The number of amides is 2. The van der Waals surface area contributed by atoms with Gasteiger partial charge in [0.2, 0.25) is 5.91 Å². The third-order valence-corrected chi connectivity index (χ3v) is 5.23. The van der Waals surface area contributed by atoms with Crippen LogP contribution in [0.3, 0.4) is 0 Å². The Hall–Kier alpha value is -2.67. The number of benzene rings is 1. The van der Waals surface area contributed by atoms with Crippen LogP contribution in [-0.4, -0.2) is 41.8 Å². The molecule has 1 saturated heterocycles. The lowest BCUT2D eigenvalue weighted by molar-refractivity contribution is -0.124. The largest absolute Gasteiger partial charge is 0.364 e. The molecule has 0 aliphatic carbocycles. The van der Waals surface area contributed by atoms with Crippen molar-refractivity contribution in [2.24, 2.45) is 17.6 Å². The Labute approximate surface area is 164 Å². The summed E-state index contributed by atoms with van der Waals surface area (Å²) in [6.45, 7) is 5.40. The number of aromatic nitrogens is 1. The van der Waals surface area contributed by atoms with Gasteiger partial charge in [-0.15, -0.1) is 0 Å². The molecule has 150 valence electrons. The Balaban J connectivity index is 1.84. The lowest BCUT2D eigenvalue weighted by Gasteiger charge is -2.23.